The van der Waals surface area contributed by atoms with E-state index in [0.29, 0.717) is 12.3 Å². The summed E-state index contributed by atoms with van der Waals surface area (Å²) in [6.07, 6.45) is 3.89. The van der Waals surface area contributed by atoms with Crippen molar-refractivity contribution in [3.05, 3.63) is 0 Å². The van der Waals surface area contributed by atoms with E-state index in [0.717, 1.165) is 18.3 Å². The minimum Gasteiger partial charge on any atom is -0.481 e. The van der Waals surface area contributed by atoms with E-state index in [4.69, 9.17) is 5.11 Å². The molecule has 0 aromatic carbocycles. The van der Waals surface area contributed by atoms with Crippen LogP contribution in [0, 0.1) is 17.8 Å². The highest BCUT2D eigenvalue weighted by molar-refractivity contribution is 5.66. The summed E-state index contributed by atoms with van der Waals surface area (Å²) in [6.45, 7) is 4.43. The smallest absolute Gasteiger partial charge is 0.303 e. The second-order valence-corrected chi connectivity index (χ2v) is 4.11. The van der Waals surface area contributed by atoms with Crippen LogP contribution in [-0.4, -0.2) is 11.1 Å². The zero-order valence-electron chi connectivity index (χ0n) is 7.92. The first-order chi connectivity index (χ1) is 5.61. The summed E-state index contributed by atoms with van der Waals surface area (Å²) in [5.41, 5.74) is 0. The lowest BCUT2D eigenvalue weighted by atomic mass is 9.88. The lowest BCUT2D eigenvalue weighted by molar-refractivity contribution is -0.137. The summed E-state index contributed by atoms with van der Waals surface area (Å²) < 4.78 is 0. The molecule has 0 saturated heterocycles. The fourth-order valence-electron chi connectivity index (χ4n) is 1.70. The van der Waals surface area contributed by atoms with Crippen LogP contribution in [0.2, 0.25) is 0 Å². The van der Waals surface area contributed by atoms with Crippen LogP contribution in [0.25, 0.3) is 0 Å². The van der Waals surface area contributed by atoms with Crippen molar-refractivity contribution in [2.45, 2.75) is 39.5 Å². The van der Waals surface area contributed by atoms with Crippen LogP contribution in [0.15, 0.2) is 0 Å². The van der Waals surface area contributed by atoms with Crippen molar-refractivity contribution in [1.82, 2.24) is 0 Å². The molecule has 0 aliphatic heterocycles. The van der Waals surface area contributed by atoms with Crippen LogP contribution >= 0.6 is 0 Å². The molecule has 0 aromatic heterocycles. The predicted molar refractivity (Wildman–Crippen MR) is 47.9 cm³/mol. The molecule has 2 heteroatoms. The number of carboxylic acid groups (broad SMARTS) is 1. The molecule has 12 heavy (non-hydrogen) atoms. The second kappa shape index (κ2) is 3.92. The van der Waals surface area contributed by atoms with E-state index in [1.807, 2.05) is 0 Å². The highest BCUT2D eigenvalue weighted by Crippen LogP contribution is 2.41. The number of carbonyl (C=O) groups is 1. The summed E-state index contributed by atoms with van der Waals surface area (Å²) in [7, 11) is 0. The van der Waals surface area contributed by atoms with E-state index in [1.165, 1.54) is 12.8 Å². The molecule has 0 bridgehead atoms. The maximum absolute atomic E-state index is 10.3. The Kier molecular flexibility index (Phi) is 3.12. The van der Waals surface area contributed by atoms with Crippen molar-refractivity contribution >= 4 is 5.97 Å². The van der Waals surface area contributed by atoms with Crippen molar-refractivity contribution < 1.29 is 9.90 Å². The summed E-state index contributed by atoms with van der Waals surface area (Å²) >= 11 is 0. The molecule has 0 heterocycles. The van der Waals surface area contributed by atoms with Crippen LogP contribution in [0.1, 0.15) is 39.5 Å². The minimum absolute atomic E-state index is 0.332. The molecular formula is C10H18O2. The highest BCUT2D eigenvalue weighted by atomic mass is 16.4. The van der Waals surface area contributed by atoms with Crippen LogP contribution in [0.3, 0.4) is 0 Å². The van der Waals surface area contributed by atoms with Gasteiger partial charge in [0.25, 0.3) is 0 Å². The number of aliphatic carboxylic acids is 1. The van der Waals surface area contributed by atoms with Gasteiger partial charge in [0.15, 0.2) is 0 Å². The Labute approximate surface area is 74.0 Å². The highest BCUT2D eigenvalue weighted by Gasteiger charge is 2.31. The van der Waals surface area contributed by atoms with Gasteiger partial charge in [0.2, 0.25) is 0 Å². The zero-order valence-corrected chi connectivity index (χ0v) is 7.92. The number of hydrogen-bond acceptors (Lipinski definition) is 1. The van der Waals surface area contributed by atoms with Gasteiger partial charge in [0, 0.05) is 6.42 Å². The van der Waals surface area contributed by atoms with Crippen molar-refractivity contribution in [1.29, 1.82) is 0 Å². The largest absolute Gasteiger partial charge is 0.481 e. The Hall–Kier alpha value is -0.530. The monoisotopic (exact) mass is 170 g/mol. The summed E-state index contributed by atoms with van der Waals surface area (Å²) in [4.78, 5) is 10.3. The van der Waals surface area contributed by atoms with Gasteiger partial charge in [0.1, 0.15) is 0 Å². The molecule has 70 valence electrons. The van der Waals surface area contributed by atoms with E-state index in [2.05, 4.69) is 13.8 Å². The molecular weight excluding hydrogens is 152 g/mol. The first kappa shape index (κ1) is 9.56. The summed E-state index contributed by atoms with van der Waals surface area (Å²) in [6, 6.07) is 0. The van der Waals surface area contributed by atoms with Gasteiger partial charge in [-0.25, -0.2) is 0 Å². The quantitative estimate of drug-likeness (QED) is 0.688. The first-order valence-electron chi connectivity index (χ1n) is 4.83. The molecule has 1 rings (SSSR count). The SMILES string of the molecule is CC(CCC(=O)O)C(C)C1CC1. The maximum Gasteiger partial charge on any atom is 0.303 e. The molecule has 2 unspecified atom stereocenters. The third-order valence-electron chi connectivity index (χ3n) is 3.08. The third-order valence-corrected chi connectivity index (χ3v) is 3.08. The van der Waals surface area contributed by atoms with E-state index in [1.54, 1.807) is 0 Å². The molecule has 0 spiro atoms. The Morgan fingerprint density at radius 1 is 1.50 bits per heavy atom. The van der Waals surface area contributed by atoms with Crippen molar-refractivity contribution in [2.75, 3.05) is 0 Å². The normalized spacial score (nSPS) is 21.8. The molecule has 1 saturated carbocycles. The topological polar surface area (TPSA) is 37.3 Å². The van der Waals surface area contributed by atoms with E-state index in [9.17, 15) is 4.79 Å². The van der Waals surface area contributed by atoms with Crippen molar-refractivity contribution in [3.63, 3.8) is 0 Å². The Balaban J connectivity index is 2.17. The lowest BCUT2D eigenvalue weighted by Gasteiger charge is -2.18. The van der Waals surface area contributed by atoms with Gasteiger partial charge < -0.3 is 5.11 Å². The van der Waals surface area contributed by atoms with E-state index < -0.39 is 5.97 Å². The van der Waals surface area contributed by atoms with Crippen LogP contribution in [0.4, 0.5) is 0 Å². The fraction of sp³-hybridized carbons (Fsp3) is 0.900. The van der Waals surface area contributed by atoms with Gasteiger partial charge in [0.05, 0.1) is 0 Å². The molecule has 1 aliphatic rings. The minimum atomic E-state index is -0.662. The van der Waals surface area contributed by atoms with Gasteiger partial charge in [-0.2, -0.15) is 0 Å². The Morgan fingerprint density at radius 2 is 2.08 bits per heavy atom. The second-order valence-electron chi connectivity index (χ2n) is 4.11. The molecule has 2 atom stereocenters. The van der Waals surface area contributed by atoms with Gasteiger partial charge in [-0.1, -0.05) is 13.8 Å². The Bertz CT molecular complexity index is 161. The van der Waals surface area contributed by atoms with Crippen LogP contribution in [0.5, 0.6) is 0 Å². The number of rotatable bonds is 5. The van der Waals surface area contributed by atoms with Gasteiger partial charge in [-0.3, -0.25) is 4.79 Å². The van der Waals surface area contributed by atoms with Gasteiger partial charge in [-0.05, 0) is 37.0 Å². The lowest BCUT2D eigenvalue weighted by Crippen LogP contribution is -2.11. The first-order valence-corrected chi connectivity index (χ1v) is 4.83. The predicted octanol–water partition coefficient (Wildman–Crippen LogP) is 2.53. The number of hydrogen-bond donors (Lipinski definition) is 1. The number of carboxylic acids is 1. The van der Waals surface area contributed by atoms with Gasteiger partial charge >= 0.3 is 5.97 Å². The Morgan fingerprint density at radius 3 is 2.50 bits per heavy atom. The summed E-state index contributed by atoms with van der Waals surface area (Å²) in [5.74, 6) is 1.54. The maximum atomic E-state index is 10.3. The van der Waals surface area contributed by atoms with Gasteiger partial charge in [-0.15, -0.1) is 0 Å². The molecule has 0 aromatic rings. The molecule has 2 nitrogen and oxygen atoms in total. The molecule has 1 aliphatic carbocycles. The molecule has 0 amide bonds. The zero-order chi connectivity index (χ0) is 9.14. The molecule has 1 fully saturated rings. The van der Waals surface area contributed by atoms with Crippen LogP contribution < -0.4 is 0 Å². The summed E-state index contributed by atoms with van der Waals surface area (Å²) in [5, 5.41) is 8.50. The molecule has 1 N–H and O–H groups in total. The van der Waals surface area contributed by atoms with Crippen LogP contribution in [-0.2, 0) is 4.79 Å². The van der Waals surface area contributed by atoms with Crippen molar-refractivity contribution in [3.8, 4) is 0 Å². The standard InChI is InChI=1S/C10H18O2/c1-7(3-6-10(11)12)8(2)9-4-5-9/h7-9H,3-6H2,1-2H3,(H,11,12). The average molecular weight is 170 g/mol. The fourth-order valence-corrected chi connectivity index (χ4v) is 1.70. The van der Waals surface area contributed by atoms with E-state index >= 15 is 0 Å². The van der Waals surface area contributed by atoms with E-state index in [-0.39, 0.29) is 0 Å². The van der Waals surface area contributed by atoms with Crippen molar-refractivity contribution in [2.24, 2.45) is 17.8 Å². The third kappa shape index (κ3) is 2.84. The average Bonchev–Trinajstić information content (AvgIpc) is 2.80. The molecule has 0 radical (unpaired) electrons.